The van der Waals surface area contributed by atoms with E-state index in [1.165, 1.54) is 0 Å². The van der Waals surface area contributed by atoms with Crippen LogP contribution in [-0.4, -0.2) is 49.7 Å². The SMILES string of the molecule is O=C(Cn1ccc(-c2ccccn2)n1)N1CCCN1C(=O)C1(c2ccccc2)CC1. The number of amides is 2. The van der Waals surface area contributed by atoms with Crippen molar-refractivity contribution in [2.45, 2.75) is 31.2 Å². The maximum Gasteiger partial charge on any atom is 0.262 e. The van der Waals surface area contributed by atoms with Crippen LogP contribution in [0.4, 0.5) is 0 Å². The minimum Gasteiger partial charge on any atom is -0.272 e. The van der Waals surface area contributed by atoms with Crippen molar-refractivity contribution >= 4 is 11.8 Å². The summed E-state index contributed by atoms with van der Waals surface area (Å²) in [5.74, 6) is -0.0884. The zero-order valence-electron chi connectivity index (χ0n) is 16.6. The molecule has 1 saturated carbocycles. The molecule has 0 unspecified atom stereocenters. The largest absolute Gasteiger partial charge is 0.272 e. The first kappa shape index (κ1) is 18.5. The van der Waals surface area contributed by atoms with Crippen LogP contribution in [0, 0.1) is 0 Å². The third-order valence-electron chi connectivity index (χ3n) is 5.90. The summed E-state index contributed by atoms with van der Waals surface area (Å²) in [7, 11) is 0. The highest BCUT2D eigenvalue weighted by Gasteiger charge is 2.54. The molecule has 1 aromatic carbocycles. The first-order valence-electron chi connectivity index (χ1n) is 10.3. The van der Waals surface area contributed by atoms with Gasteiger partial charge in [-0.25, -0.2) is 5.01 Å². The third-order valence-corrected chi connectivity index (χ3v) is 5.90. The first-order valence-corrected chi connectivity index (χ1v) is 10.3. The molecule has 1 aliphatic carbocycles. The predicted molar refractivity (Wildman–Crippen MR) is 111 cm³/mol. The number of pyridine rings is 1. The molecule has 0 atom stereocenters. The summed E-state index contributed by atoms with van der Waals surface area (Å²) in [5.41, 5.74) is 2.06. The molecule has 0 N–H and O–H groups in total. The zero-order chi connectivity index (χ0) is 20.6. The van der Waals surface area contributed by atoms with Crippen LogP contribution in [0.1, 0.15) is 24.8 Å². The molecule has 2 aliphatic rings. The molecule has 7 nitrogen and oxygen atoms in total. The molecule has 7 heteroatoms. The number of hydrogen-bond acceptors (Lipinski definition) is 4. The second-order valence-electron chi connectivity index (χ2n) is 7.86. The molecule has 2 amide bonds. The molecule has 30 heavy (non-hydrogen) atoms. The number of hydrazine groups is 1. The van der Waals surface area contributed by atoms with Crippen molar-refractivity contribution in [1.82, 2.24) is 24.8 Å². The average Bonchev–Trinajstić information content (AvgIpc) is 3.22. The molecule has 0 radical (unpaired) electrons. The van der Waals surface area contributed by atoms with E-state index in [-0.39, 0.29) is 18.4 Å². The van der Waals surface area contributed by atoms with E-state index in [2.05, 4.69) is 10.1 Å². The van der Waals surface area contributed by atoms with Gasteiger partial charge in [0.05, 0.1) is 11.1 Å². The lowest BCUT2D eigenvalue weighted by Crippen LogP contribution is -2.49. The van der Waals surface area contributed by atoms with Crippen LogP contribution in [0.3, 0.4) is 0 Å². The predicted octanol–water partition coefficient (Wildman–Crippen LogP) is 2.65. The van der Waals surface area contributed by atoms with Crippen molar-refractivity contribution in [2.75, 3.05) is 13.1 Å². The van der Waals surface area contributed by atoms with E-state index in [4.69, 9.17) is 0 Å². The lowest BCUT2D eigenvalue weighted by molar-refractivity contribution is -0.160. The van der Waals surface area contributed by atoms with E-state index in [0.29, 0.717) is 13.1 Å². The maximum absolute atomic E-state index is 13.4. The summed E-state index contributed by atoms with van der Waals surface area (Å²) in [6, 6.07) is 17.4. The van der Waals surface area contributed by atoms with E-state index in [9.17, 15) is 9.59 Å². The lowest BCUT2D eigenvalue weighted by Gasteiger charge is -2.31. The zero-order valence-corrected chi connectivity index (χ0v) is 16.6. The number of carbonyl (C=O) groups excluding carboxylic acids is 2. The molecular weight excluding hydrogens is 378 g/mol. The number of aromatic nitrogens is 3. The Labute approximate surface area is 174 Å². The summed E-state index contributed by atoms with van der Waals surface area (Å²) in [6.45, 7) is 1.23. The Morgan fingerprint density at radius 3 is 2.40 bits per heavy atom. The number of hydrogen-bond donors (Lipinski definition) is 0. The quantitative estimate of drug-likeness (QED) is 0.659. The van der Waals surface area contributed by atoms with Gasteiger partial charge in [-0.1, -0.05) is 36.4 Å². The Balaban J connectivity index is 1.30. The van der Waals surface area contributed by atoms with Crippen LogP contribution in [0.5, 0.6) is 0 Å². The van der Waals surface area contributed by atoms with E-state index in [1.807, 2.05) is 54.6 Å². The van der Waals surface area contributed by atoms with Gasteiger partial charge in [0.25, 0.3) is 11.8 Å². The molecule has 5 rings (SSSR count). The van der Waals surface area contributed by atoms with Gasteiger partial charge in [0.2, 0.25) is 0 Å². The first-order chi connectivity index (χ1) is 14.7. The third kappa shape index (κ3) is 3.26. The molecule has 2 aromatic heterocycles. The van der Waals surface area contributed by atoms with Gasteiger partial charge < -0.3 is 0 Å². The number of benzene rings is 1. The van der Waals surface area contributed by atoms with Gasteiger partial charge in [-0.05, 0) is 43.0 Å². The van der Waals surface area contributed by atoms with Crippen LogP contribution >= 0.6 is 0 Å². The Hall–Kier alpha value is -3.48. The Bertz CT molecular complexity index is 1060. The molecular formula is C23H23N5O2. The molecule has 1 aliphatic heterocycles. The summed E-state index contributed by atoms with van der Waals surface area (Å²) < 4.78 is 1.61. The van der Waals surface area contributed by atoms with Crippen LogP contribution < -0.4 is 0 Å². The fraction of sp³-hybridized carbons (Fsp3) is 0.304. The summed E-state index contributed by atoms with van der Waals surface area (Å²) >= 11 is 0. The van der Waals surface area contributed by atoms with Gasteiger partial charge in [0, 0.05) is 25.5 Å². The van der Waals surface area contributed by atoms with Crippen LogP contribution in [0.2, 0.25) is 0 Å². The topological polar surface area (TPSA) is 71.3 Å². The van der Waals surface area contributed by atoms with Gasteiger partial charge in [-0.15, -0.1) is 0 Å². The highest BCUT2D eigenvalue weighted by Crippen LogP contribution is 2.50. The Kier molecular flexibility index (Phi) is 4.58. The molecule has 0 spiro atoms. The van der Waals surface area contributed by atoms with Gasteiger partial charge in [-0.2, -0.15) is 5.10 Å². The molecule has 152 valence electrons. The average molecular weight is 401 g/mol. The van der Waals surface area contributed by atoms with E-state index in [1.54, 1.807) is 27.1 Å². The van der Waals surface area contributed by atoms with E-state index >= 15 is 0 Å². The normalized spacial score (nSPS) is 17.2. The van der Waals surface area contributed by atoms with Crippen molar-refractivity contribution in [3.05, 3.63) is 72.6 Å². The van der Waals surface area contributed by atoms with Gasteiger partial charge in [0.1, 0.15) is 12.2 Å². The van der Waals surface area contributed by atoms with Crippen molar-refractivity contribution in [3.63, 3.8) is 0 Å². The standard InChI is InChI=1S/C23H23N5O2/c29-21(17-26-16-10-20(25-26)19-9-4-5-13-24-19)27-14-6-15-28(27)22(30)23(11-12-23)18-7-2-1-3-8-18/h1-5,7-10,13,16H,6,11-12,14-15,17H2. The minimum atomic E-state index is -0.470. The number of rotatable bonds is 5. The van der Waals surface area contributed by atoms with Crippen LogP contribution in [0.15, 0.2) is 67.0 Å². The van der Waals surface area contributed by atoms with Crippen LogP contribution in [0.25, 0.3) is 11.4 Å². The van der Waals surface area contributed by atoms with Gasteiger partial charge in [0.15, 0.2) is 0 Å². The van der Waals surface area contributed by atoms with Crippen molar-refractivity contribution in [1.29, 1.82) is 0 Å². The summed E-state index contributed by atoms with van der Waals surface area (Å²) in [4.78, 5) is 30.7. The van der Waals surface area contributed by atoms with Gasteiger partial charge >= 0.3 is 0 Å². The highest BCUT2D eigenvalue weighted by atomic mass is 16.2. The Morgan fingerprint density at radius 1 is 0.900 bits per heavy atom. The van der Waals surface area contributed by atoms with Crippen molar-refractivity contribution in [2.24, 2.45) is 0 Å². The minimum absolute atomic E-state index is 0.0363. The Morgan fingerprint density at radius 2 is 1.67 bits per heavy atom. The van der Waals surface area contributed by atoms with Crippen molar-refractivity contribution < 1.29 is 9.59 Å². The van der Waals surface area contributed by atoms with Crippen LogP contribution in [-0.2, 0) is 21.5 Å². The lowest BCUT2D eigenvalue weighted by atomic mass is 9.95. The van der Waals surface area contributed by atoms with Gasteiger partial charge in [-0.3, -0.25) is 24.3 Å². The summed E-state index contributed by atoms with van der Waals surface area (Å²) in [6.07, 6.45) is 5.95. The molecule has 2 fully saturated rings. The highest BCUT2D eigenvalue weighted by molar-refractivity contribution is 5.93. The maximum atomic E-state index is 13.4. The smallest absolute Gasteiger partial charge is 0.262 e. The fourth-order valence-corrected chi connectivity index (χ4v) is 4.16. The van der Waals surface area contributed by atoms with E-state index in [0.717, 1.165) is 36.2 Å². The number of nitrogens with zero attached hydrogens (tertiary/aromatic N) is 5. The summed E-state index contributed by atoms with van der Waals surface area (Å²) in [5, 5.41) is 7.74. The monoisotopic (exact) mass is 401 g/mol. The molecule has 3 aromatic rings. The van der Waals surface area contributed by atoms with Crippen molar-refractivity contribution in [3.8, 4) is 11.4 Å². The molecule has 3 heterocycles. The number of carbonyl (C=O) groups is 2. The second kappa shape index (κ2) is 7.40. The van der Waals surface area contributed by atoms with E-state index < -0.39 is 5.41 Å². The molecule has 0 bridgehead atoms. The molecule has 1 saturated heterocycles. The fourth-order valence-electron chi connectivity index (χ4n) is 4.16. The second-order valence-corrected chi connectivity index (χ2v) is 7.86.